The van der Waals surface area contributed by atoms with E-state index in [4.69, 9.17) is 5.11 Å². The van der Waals surface area contributed by atoms with Crippen LogP contribution < -0.4 is 5.32 Å². The first kappa shape index (κ1) is 15.6. The highest BCUT2D eigenvalue weighted by atomic mass is 16.4. The number of aromatic nitrogens is 1. The molecule has 0 aliphatic heterocycles. The molecule has 0 aromatic carbocycles. The minimum Gasteiger partial charge on any atom is -0.478 e. The maximum absolute atomic E-state index is 10.7. The highest BCUT2D eigenvalue weighted by Gasteiger charge is 2.05. The lowest BCUT2D eigenvalue weighted by Gasteiger charge is -2.14. The minimum absolute atomic E-state index is 0.230. The molecule has 1 heterocycles. The van der Waals surface area contributed by atoms with E-state index in [1.165, 1.54) is 19.0 Å². The van der Waals surface area contributed by atoms with E-state index in [1.54, 1.807) is 12.1 Å². The number of aromatic carboxylic acids is 1. The van der Waals surface area contributed by atoms with Gasteiger partial charge in [-0.05, 0) is 31.4 Å². The number of nitrogens with zero attached hydrogens (tertiary/aromatic N) is 1. The highest BCUT2D eigenvalue weighted by Crippen LogP contribution is 2.08. The van der Waals surface area contributed by atoms with Crippen molar-refractivity contribution in [2.75, 3.05) is 0 Å². The fourth-order valence-corrected chi connectivity index (χ4v) is 1.87. The van der Waals surface area contributed by atoms with Gasteiger partial charge in [-0.15, -0.1) is 0 Å². The van der Waals surface area contributed by atoms with Crippen LogP contribution in [0.3, 0.4) is 0 Å². The number of rotatable bonds is 8. The Morgan fingerprint density at radius 2 is 2.05 bits per heavy atom. The molecule has 0 aliphatic rings. The molecular formula is C15H24N2O2. The van der Waals surface area contributed by atoms with E-state index < -0.39 is 5.97 Å². The van der Waals surface area contributed by atoms with Crippen LogP contribution in [-0.4, -0.2) is 22.1 Å². The summed E-state index contributed by atoms with van der Waals surface area (Å²) >= 11 is 0. The van der Waals surface area contributed by atoms with Crippen LogP contribution in [0.5, 0.6) is 0 Å². The van der Waals surface area contributed by atoms with Crippen LogP contribution in [-0.2, 0) is 6.54 Å². The second-order valence-corrected chi connectivity index (χ2v) is 5.45. The van der Waals surface area contributed by atoms with Gasteiger partial charge < -0.3 is 10.4 Å². The molecule has 1 aromatic heterocycles. The molecule has 0 radical (unpaired) electrons. The van der Waals surface area contributed by atoms with Crippen molar-refractivity contribution >= 4 is 5.97 Å². The number of nitrogens with one attached hydrogen (secondary N) is 1. The summed E-state index contributed by atoms with van der Waals surface area (Å²) in [7, 11) is 0. The maximum atomic E-state index is 10.7. The average molecular weight is 264 g/mol. The van der Waals surface area contributed by atoms with Gasteiger partial charge in [0.2, 0.25) is 0 Å². The highest BCUT2D eigenvalue weighted by molar-refractivity contribution is 5.87. The number of carbonyl (C=O) groups is 1. The fraction of sp³-hybridized carbons (Fsp3) is 0.600. The van der Waals surface area contributed by atoms with Crippen molar-refractivity contribution in [3.05, 3.63) is 29.6 Å². The molecule has 2 N–H and O–H groups in total. The lowest BCUT2D eigenvalue weighted by atomic mass is 10.0. The Labute approximate surface area is 115 Å². The molecule has 0 spiro atoms. The van der Waals surface area contributed by atoms with Crippen LogP contribution in [0.15, 0.2) is 18.3 Å². The van der Waals surface area contributed by atoms with Crippen molar-refractivity contribution in [2.45, 2.75) is 52.6 Å². The molecule has 1 rings (SSSR count). The Kier molecular flexibility index (Phi) is 6.50. The predicted molar refractivity (Wildman–Crippen MR) is 76.2 cm³/mol. The summed E-state index contributed by atoms with van der Waals surface area (Å²) in [5.41, 5.74) is 1.11. The molecular weight excluding hydrogens is 240 g/mol. The van der Waals surface area contributed by atoms with Gasteiger partial charge in [-0.3, -0.25) is 4.98 Å². The van der Waals surface area contributed by atoms with E-state index in [2.05, 4.69) is 31.1 Å². The van der Waals surface area contributed by atoms with E-state index in [0.717, 1.165) is 18.0 Å². The van der Waals surface area contributed by atoms with Crippen molar-refractivity contribution in [1.82, 2.24) is 10.3 Å². The predicted octanol–water partition coefficient (Wildman–Crippen LogP) is 3.08. The second kappa shape index (κ2) is 7.89. The van der Waals surface area contributed by atoms with E-state index in [9.17, 15) is 4.79 Å². The SMILES string of the molecule is CC(C)CCCC(C)NCc1ccc(C(=O)O)cn1. The molecule has 106 valence electrons. The van der Waals surface area contributed by atoms with E-state index in [1.807, 2.05) is 0 Å². The second-order valence-electron chi connectivity index (χ2n) is 5.45. The molecule has 0 aliphatic carbocycles. The van der Waals surface area contributed by atoms with Crippen LogP contribution in [0, 0.1) is 5.92 Å². The first-order valence-corrected chi connectivity index (χ1v) is 6.90. The first-order valence-electron chi connectivity index (χ1n) is 6.90. The van der Waals surface area contributed by atoms with Gasteiger partial charge in [0.1, 0.15) is 0 Å². The zero-order chi connectivity index (χ0) is 14.3. The Morgan fingerprint density at radius 3 is 2.58 bits per heavy atom. The topological polar surface area (TPSA) is 62.2 Å². The van der Waals surface area contributed by atoms with Crippen molar-refractivity contribution in [3.63, 3.8) is 0 Å². The third-order valence-electron chi connectivity index (χ3n) is 3.12. The van der Waals surface area contributed by atoms with Crippen molar-refractivity contribution in [1.29, 1.82) is 0 Å². The maximum Gasteiger partial charge on any atom is 0.337 e. The number of hydrogen-bond donors (Lipinski definition) is 2. The molecule has 1 unspecified atom stereocenters. The van der Waals surface area contributed by atoms with Gasteiger partial charge in [-0.2, -0.15) is 0 Å². The largest absolute Gasteiger partial charge is 0.478 e. The monoisotopic (exact) mass is 264 g/mol. The zero-order valence-electron chi connectivity index (χ0n) is 12.0. The molecule has 0 saturated carbocycles. The lowest BCUT2D eigenvalue weighted by molar-refractivity contribution is 0.0696. The standard InChI is InChI=1S/C15H24N2O2/c1-11(2)5-4-6-12(3)16-10-14-8-7-13(9-17-14)15(18)19/h7-9,11-12,16H,4-6,10H2,1-3H3,(H,18,19). The minimum atomic E-state index is -0.936. The Balaban J connectivity index is 2.29. The molecule has 0 saturated heterocycles. The quantitative estimate of drug-likeness (QED) is 0.757. The summed E-state index contributed by atoms with van der Waals surface area (Å²) in [5.74, 6) is -0.175. The van der Waals surface area contributed by atoms with Gasteiger partial charge in [0, 0.05) is 18.8 Å². The lowest BCUT2D eigenvalue weighted by Crippen LogP contribution is -2.25. The summed E-state index contributed by atoms with van der Waals surface area (Å²) in [6.45, 7) is 7.34. The van der Waals surface area contributed by atoms with Crippen LogP contribution in [0.1, 0.15) is 56.1 Å². The summed E-state index contributed by atoms with van der Waals surface area (Å²) in [4.78, 5) is 14.8. The summed E-state index contributed by atoms with van der Waals surface area (Å²) in [5, 5.41) is 12.2. The van der Waals surface area contributed by atoms with E-state index in [0.29, 0.717) is 12.6 Å². The summed E-state index contributed by atoms with van der Waals surface area (Å²) in [6.07, 6.45) is 5.06. The fourth-order valence-electron chi connectivity index (χ4n) is 1.87. The molecule has 0 amide bonds. The summed E-state index contributed by atoms with van der Waals surface area (Å²) in [6, 6.07) is 3.81. The van der Waals surface area contributed by atoms with E-state index in [-0.39, 0.29) is 5.56 Å². The molecule has 19 heavy (non-hydrogen) atoms. The number of hydrogen-bond acceptors (Lipinski definition) is 3. The van der Waals surface area contributed by atoms with Crippen molar-refractivity contribution in [2.24, 2.45) is 5.92 Å². The van der Waals surface area contributed by atoms with Crippen molar-refractivity contribution in [3.8, 4) is 0 Å². The first-order chi connectivity index (χ1) is 8.99. The Hall–Kier alpha value is -1.42. The average Bonchev–Trinajstić information content (AvgIpc) is 2.36. The normalized spacial score (nSPS) is 12.6. The molecule has 4 nitrogen and oxygen atoms in total. The number of pyridine rings is 1. The summed E-state index contributed by atoms with van der Waals surface area (Å²) < 4.78 is 0. The van der Waals surface area contributed by atoms with E-state index >= 15 is 0 Å². The van der Waals surface area contributed by atoms with Crippen LogP contribution >= 0.6 is 0 Å². The number of carboxylic acids is 1. The number of carboxylic acid groups (broad SMARTS) is 1. The molecule has 1 atom stereocenters. The van der Waals surface area contributed by atoms with Crippen LogP contribution in [0.4, 0.5) is 0 Å². The van der Waals surface area contributed by atoms with Gasteiger partial charge >= 0.3 is 5.97 Å². The Morgan fingerprint density at radius 1 is 1.32 bits per heavy atom. The molecule has 0 fully saturated rings. The molecule has 0 bridgehead atoms. The van der Waals surface area contributed by atoms with Gasteiger partial charge in [-0.1, -0.05) is 26.7 Å². The van der Waals surface area contributed by atoms with Gasteiger partial charge in [0.25, 0.3) is 0 Å². The Bertz CT molecular complexity index is 388. The third kappa shape index (κ3) is 6.34. The molecule has 1 aromatic rings. The van der Waals surface area contributed by atoms with Gasteiger partial charge in [-0.25, -0.2) is 4.79 Å². The smallest absolute Gasteiger partial charge is 0.337 e. The van der Waals surface area contributed by atoms with Gasteiger partial charge in [0.15, 0.2) is 0 Å². The van der Waals surface area contributed by atoms with Gasteiger partial charge in [0.05, 0.1) is 11.3 Å². The molecule has 4 heteroatoms. The van der Waals surface area contributed by atoms with Crippen LogP contribution in [0.25, 0.3) is 0 Å². The van der Waals surface area contributed by atoms with Crippen molar-refractivity contribution < 1.29 is 9.90 Å². The zero-order valence-corrected chi connectivity index (χ0v) is 12.0. The van der Waals surface area contributed by atoms with Crippen LogP contribution in [0.2, 0.25) is 0 Å². The third-order valence-corrected chi connectivity index (χ3v) is 3.12.